The number of hydrogen-bond donors (Lipinski definition) is 2. The van der Waals surface area contributed by atoms with Gasteiger partial charge >= 0.3 is 5.97 Å². The van der Waals surface area contributed by atoms with Crippen molar-refractivity contribution in [2.75, 3.05) is 7.11 Å². The molecule has 6 heteroatoms. The second-order valence-corrected chi connectivity index (χ2v) is 6.01. The number of carboxylic acids is 1. The van der Waals surface area contributed by atoms with Gasteiger partial charge in [0.05, 0.1) is 19.1 Å². The second kappa shape index (κ2) is 6.78. The Bertz CT molecular complexity index is 766. The Morgan fingerprint density at radius 3 is 2.54 bits per heavy atom. The van der Waals surface area contributed by atoms with Crippen molar-refractivity contribution in [3.63, 3.8) is 0 Å². The van der Waals surface area contributed by atoms with Gasteiger partial charge in [-0.2, -0.15) is 0 Å². The highest BCUT2D eigenvalue weighted by atomic mass is 16.5. The van der Waals surface area contributed by atoms with E-state index in [-0.39, 0.29) is 12.3 Å². The molecule has 1 unspecified atom stereocenters. The molecule has 1 heterocycles. The lowest BCUT2D eigenvalue weighted by Gasteiger charge is -2.30. The number of nitrogens with zero attached hydrogens (tertiary/aromatic N) is 1. The highest BCUT2D eigenvalue weighted by molar-refractivity contribution is 5.93. The Balaban J connectivity index is 2.38. The predicted octanol–water partition coefficient (Wildman–Crippen LogP) is 2.46. The van der Waals surface area contributed by atoms with Crippen LogP contribution < -0.4 is 10.1 Å². The zero-order valence-electron chi connectivity index (χ0n) is 14.3. The zero-order chi connectivity index (χ0) is 17.9. The molecule has 0 spiro atoms. The number of carbonyl (C=O) groups is 2. The van der Waals surface area contributed by atoms with E-state index in [4.69, 9.17) is 4.74 Å². The molecule has 0 radical (unpaired) electrons. The van der Waals surface area contributed by atoms with Crippen molar-refractivity contribution in [1.29, 1.82) is 0 Å². The number of carbonyl (C=O) groups excluding carboxylic acids is 1. The van der Waals surface area contributed by atoms with Gasteiger partial charge in [-0.25, -0.2) is 0 Å². The van der Waals surface area contributed by atoms with Crippen LogP contribution in [0, 0.1) is 6.92 Å². The smallest absolute Gasteiger partial charge is 0.306 e. The van der Waals surface area contributed by atoms with Crippen molar-refractivity contribution in [3.05, 3.63) is 53.3 Å². The molecular formula is C18H22N2O4. The van der Waals surface area contributed by atoms with Gasteiger partial charge in [0.25, 0.3) is 5.91 Å². The molecule has 0 aliphatic rings. The minimum Gasteiger partial charge on any atom is -0.497 e. The predicted molar refractivity (Wildman–Crippen MR) is 90.2 cm³/mol. The summed E-state index contributed by atoms with van der Waals surface area (Å²) in [5, 5.41) is 12.2. The molecule has 0 saturated heterocycles. The van der Waals surface area contributed by atoms with Crippen LogP contribution in [-0.2, 0) is 17.4 Å². The summed E-state index contributed by atoms with van der Waals surface area (Å²) < 4.78 is 6.97. The van der Waals surface area contributed by atoms with E-state index < -0.39 is 11.5 Å². The second-order valence-electron chi connectivity index (χ2n) is 6.01. The monoisotopic (exact) mass is 330 g/mol. The van der Waals surface area contributed by atoms with Crippen LogP contribution in [0.1, 0.15) is 35.1 Å². The van der Waals surface area contributed by atoms with Gasteiger partial charge < -0.3 is 19.7 Å². The molecule has 2 rings (SSSR count). The largest absolute Gasteiger partial charge is 0.497 e. The van der Waals surface area contributed by atoms with Crippen LogP contribution >= 0.6 is 0 Å². The lowest BCUT2D eigenvalue weighted by atomic mass is 9.88. The minimum absolute atomic E-state index is 0.241. The Hall–Kier alpha value is -2.76. The summed E-state index contributed by atoms with van der Waals surface area (Å²) in [6.45, 7) is 3.60. The Labute approximate surface area is 141 Å². The van der Waals surface area contributed by atoms with Crippen molar-refractivity contribution in [2.24, 2.45) is 7.05 Å². The van der Waals surface area contributed by atoms with E-state index in [1.54, 1.807) is 56.0 Å². The van der Waals surface area contributed by atoms with Crippen LogP contribution in [0.2, 0.25) is 0 Å². The van der Waals surface area contributed by atoms with Crippen LogP contribution in [0.15, 0.2) is 36.4 Å². The third-order valence-corrected chi connectivity index (χ3v) is 4.21. The Morgan fingerprint density at radius 1 is 1.29 bits per heavy atom. The first-order valence-electron chi connectivity index (χ1n) is 7.58. The first-order chi connectivity index (χ1) is 11.3. The number of hydrogen-bond acceptors (Lipinski definition) is 3. The van der Waals surface area contributed by atoms with Crippen molar-refractivity contribution in [3.8, 4) is 5.75 Å². The number of methoxy groups -OCH3 is 1. The fourth-order valence-corrected chi connectivity index (χ4v) is 2.64. The van der Waals surface area contributed by atoms with Gasteiger partial charge in [0.15, 0.2) is 0 Å². The van der Waals surface area contributed by atoms with E-state index in [0.29, 0.717) is 17.0 Å². The normalized spacial score (nSPS) is 13.2. The van der Waals surface area contributed by atoms with E-state index in [1.165, 1.54) is 0 Å². The number of aromatic nitrogens is 1. The lowest BCUT2D eigenvalue weighted by Crippen LogP contribution is -2.45. The molecule has 128 valence electrons. The molecule has 1 aromatic heterocycles. The highest BCUT2D eigenvalue weighted by Crippen LogP contribution is 2.28. The summed E-state index contributed by atoms with van der Waals surface area (Å²) in [7, 11) is 3.34. The first-order valence-corrected chi connectivity index (χ1v) is 7.58. The van der Waals surface area contributed by atoms with Gasteiger partial charge in [0.2, 0.25) is 0 Å². The zero-order valence-corrected chi connectivity index (χ0v) is 14.3. The maximum absolute atomic E-state index is 12.6. The fraction of sp³-hybridized carbons (Fsp3) is 0.333. The molecule has 2 aromatic rings. The summed E-state index contributed by atoms with van der Waals surface area (Å²) in [5.74, 6) is -0.714. The average Bonchev–Trinajstić information content (AvgIpc) is 2.86. The highest BCUT2D eigenvalue weighted by Gasteiger charge is 2.32. The van der Waals surface area contributed by atoms with E-state index in [2.05, 4.69) is 5.32 Å². The van der Waals surface area contributed by atoms with Crippen LogP contribution in [0.5, 0.6) is 5.75 Å². The van der Waals surface area contributed by atoms with Crippen molar-refractivity contribution < 1.29 is 19.4 Å². The molecule has 24 heavy (non-hydrogen) atoms. The standard InChI is InChI=1S/C18H22N2O4/c1-12-8-9-15(20(12)3)17(23)19-18(2,11-16(21)22)13-6-5-7-14(10-13)24-4/h5-10H,11H2,1-4H3,(H,19,23)(H,21,22). The van der Waals surface area contributed by atoms with Gasteiger partial charge in [-0.15, -0.1) is 0 Å². The van der Waals surface area contributed by atoms with Crippen molar-refractivity contribution >= 4 is 11.9 Å². The number of amides is 1. The van der Waals surface area contributed by atoms with Crippen molar-refractivity contribution in [2.45, 2.75) is 25.8 Å². The van der Waals surface area contributed by atoms with Crippen molar-refractivity contribution in [1.82, 2.24) is 9.88 Å². The van der Waals surface area contributed by atoms with Gasteiger partial charge in [0.1, 0.15) is 11.4 Å². The molecule has 1 amide bonds. The first kappa shape index (κ1) is 17.6. The quantitative estimate of drug-likeness (QED) is 0.852. The maximum Gasteiger partial charge on any atom is 0.306 e. The van der Waals surface area contributed by atoms with Gasteiger partial charge in [-0.3, -0.25) is 9.59 Å². The minimum atomic E-state index is -1.06. The van der Waals surface area contributed by atoms with Crippen LogP contribution in [-0.4, -0.2) is 28.7 Å². The molecule has 0 fully saturated rings. The molecule has 2 N–H and O–H groups in total. The molecule has 0 bridgehead atoms. The van der Waals surface area contributed by atoms with E-state index in [9.17, 15) is 14.7 Å². The van der Waals surface area contributed by atoms with Gasteiger partial charge in [0, 0.05) is 12.7 Å². The third-order valence-electron chi connectivity index (χ3n) is 4.21. The number of aliphatic carboxylic acids is 1. The van der Waals surface area contributed by atoms with Gasteiger partial charge in [-0.05, 0) is 43.7 Å². The Morgan fingerprint density at radius 2 is 2.00 bits per heavy atom. The summed E-state index contributed by atoms with van der Waals surface area (Å²) in [6, 6.07) is 10.6. The number of aryl methyl sites for hydroxylation is 1. The van der Waals surface area contributed by atoms with Crippen LogP contribution in [0.4, 0.5) is 0 Å². The molecule has 0 aliphatic carbocycles. The van der Waals surface area contributed by atoms with E-state index >= 15 is 0 Å². The molecule has 0 aliphatic heterocycles. The van der Waals surface area contributed by atoms with Crippen LogP contribution in [0.3, 0.4) is 0 Å². The van der Waals surface area contributed by atoms with Gasteiger partial charge in [-0.1, -0.05) is 12.1 Å². The molecule has 1 aromatic carbocycles. The maximum atomic E-state index is 12.6. The third kappa shape index (κ3) is 3.59. The Kier molecular flexibility index (Phi) is 4.97. The number of rotatable bonds is 6. The van der Waals surface area contributed by atoms with E-state index in [0.717, 1.165) is 5.69 Å². The number of benzene rings is 1. The molecular weight excluding hydrogens is 308 g/mol. The fourth-order valence-electron chi connectivity index (χ4n) is 2.64. The SMILES string of the molecule is COc1cccc(C(C)(CC(=O)O)NC(=O)c2ccc(C)n2C)c1. The molecule has 6 nitrogen and oxygen atoms in total. The summed E-state index contributed by atoms with van der Waals surface area (Å²) in [6.07, 6.45) is -0.241. The number of nitrogens with one attached hydrogen (secondary N) is 1. The summed E-state index contributed by atoms with van der Waals surface area (Å²) >= 11 is 0. The lowest BCUT2D eigenvalue weighted by molar-refractivity contribution is -0.138. The summed E-state index contributed by atoms with van der Waals surface area (Å²) in [4.78, 5) is 24.0. The molecule has 0 saturated carbocycles. The number of carboxylic acid groups (broad SMARTS) is 1. The summed E-state index contributed by atoms with van der Waals surface area (Å²) in [5.41, 5.74) is 1.03. The van der Waals surface area contributed by atoms with Crippen LogP contribution in [0.25, 0.3) is 0 Å². The number of ether oxygens (including phenoxy) is 1. The topological polar surface area (TPSA) is 80.6 Å². The van der Waals surface area contributed by atoms with E-state index in [1.807, 2.05) is 13.0 Å². The average molecular weight is 330 g/mol. The molecule has 1 atom stereocenters.